The summed E-state index contributed by atoms with van der Waals surface area (Å²) in [5.74, 6) is 0. The molecule has 0 amide bonds. The predicted molar refractivity (Wildman–Crippen MR) is 80.8 cm³/mol. The van der Waals surface area contributed by atoms with Crippen molar-refractivity contribution < 1.29 is 0 Å². The Morgan fingerprint density at radius 2 is 2.12 bits per heavy atom. The predicted octanol–water partition coefficient (Wildman–Crippen LogP) is 3.60. The summed E-state index contributed by atoms with van der Waals surface area (Å²) in [6.07, 6.45) is 0. The maximum atomic E-state index is 4.48. The fraction of sp³-hybridized carbons (Fsp3) is 0.308. The van der Waals surface area contributed by atoms with E-state index in [1.54, 1.807) is 11.8 Å². The molecule has 0 atom stereocenters. The highest BCUT2D eigenvalue weighted by molar-refractivity contribution is 8.93. The Labute approximate surface area is 117 Å². The number of fused-ring (bicyclic) bond motifs is 1. The molecule has 0 aliphatic carbocycles. The van der Waals surface area contributed by atoms with Gasteiger partial charge in [0.2, 0.25) is 0 Å². The lowest BCUT2D eigenvalue weighted by molar-refractivity contribution is 0.649. The molecule has 0 saturated heterocycles. The second-order valence-electron chi connectivity index (χ2n) is 4.26. The smallest absolute Gasteiger partial charge is 0.168 e. The minimum atomic E-state index is 0. The molecule has 2 aliphatic heterocycles. The topological polar surface area (TPSA) is 15.6 Å². The number of hydrogen-bond donors (Lipinski definition) is 0. The van der Waals surface area contributed by atoms with E-state index in [0.717, 1.165) is 18.3 Å². The molecule has 1 aromatic rings. The molecule has 17 heavy (non-hydrogen) atoms. The number of aryl methyl sites for hydroxylation is 2. The standard InChI is InChI=1S/C13H14N2S.BrH/c1-9-3-4-10(2)11(7-9)12-8-16-13-14-5-6-15(12)13;/h3-4,7-8H,5-6H2,1-2H3;1H. The summed E-state index contributed by atoms with van der Waals surface area (Å²) in [4.78, 5) is 6.80. The third kappa shape index (κ3) is 2.16. The molecule has 0 unspecified atom stereocenters. The Bertz CT molecular complexity index is 508. The first-order valence-electron chi connectivity index (χ1n) is 5.52. The average molecular weight is 311 g/mol. The quantitative estimate of drug-likeness (QED) is 0.787. The lowest BCUT2D eigenvalue weighted by Gasteiger charge is -2.18. The second kappa shape index (κ2) is 4.86. The molecule has 0 saturated carbocycles. The molecule has 4 heteroatoms. The van der Waals surface area contributed by atoms with Crippen LogP contribution in [0.4, 0.5) is 0 Å². The number of aliphatic imine (C=N–C) groups is 1. The molecule has 0 fully saturated rings. The van der Waals surface area contributed by atoms with Gasteiger partial charge in [-0.3, -0.25) is 4.99 Å². The zero-order valence-corrected chi connectivity index (χ0v) is 12.5. The summed E-state index contributed by atoms with van der Waals surface area (Å²) in [6, 6.07) is 6.63. The first-order chi connectivity index (χ1) is 7.75. The van der Waals surface area contributed by atoms with E-state index in [9.17, 15) is 0 Å². The van der Waals surface area contributed by atoms with E-state index in [0.29, 0.717) is 0 Å². The van der Waals surface area contributed by atoms with Crippen molar-refractivity contribution in [2.45, 2.75) is 13.8 Å². The first-order valence-corrected chi connectivity index (χ1v) is 6.40. The van der Waals surface area contributed by atoms with Crippen molar-refractivity contribution >= 4 is 39.6 Å². The molecule has 90 valence electrons. The van der Waals surface area contributed by atoms with Crippen LogP contribution in [0.15, 0.2) is 28.6 Å². The number of thioether (sulfide) groups is 1. The highest BCUT2D eigenvalue weighted by Crippen LogP contribution is 2.36. The van der Waals surface area contributed by atoms with Crippen LogP contribution in [-0.2, 0) is 0 Å². The fourth-order valence-electron chi connectivity index (χ4n) is 2.14. The van der Waals surface area contributed by atoms with Gasteiger partial charge >= 0.3 is 0 Å². The molecule has 2 nitrogen and oxygen atoms in total. The number of benzene rings is 1. The molecule has 2 heterocycles. The number of hydrogen-bond acceptors (Lipinski definition) is 3. The van der Waals surface area contributed by atoms with Crippen LogP contribution in [0, 0.1) is 13.8 Å². The summed E-state index contributed by atoms with van der Waals surface area (Å²) in [7, 11) is 0. The maximum absolute atomic E-state index is 4.48. The van der Waals surface area contributed by atoms with Crippen molar-refractivity contribution in [1.82, 2.24) is 4.90 Å². The Morgan fingerprint density at radius 1 is 1.29 bits per heavy atom. The van der Waals surface area contributed by atoms with Crippen molar-refractivity contribution in [3.63, 3.8) is 0 Å². The largest absolute Gasteiger partial charge is 0.318 e. The lowest BCUT2D eigenvalue weighted by atomic mass is 10.0. The van der Waals surface area contributed by atoms with Gasteiger partial charge in [-0.15, -0.1) is 17.0 Å². The highest BCUT2D eigenvalue weighted by atomic mass is 79.9. The van der Waals surface area contributed by atoms with E-state index in [2.05, 4.69) is 47.3 Å². The molecular weight excluding hydrogens is 296 g/mol. The highest BCUT2D eigenvalue weighted by Gasteiger charge is 2.27. The molecule has 3 rings (SSSR count). The SMILES string of the molecule is Br.Cc1ccc(C)c(C2=CSC3=NCCN23)c1. The third-order valence-electron chi connectivity index (χ3n) is 3.04. The molecule has 0 radical (unpaired) electrons. The minimum Gasteiger partial charge on any atom is -0.318 e. The van der Waals surface area contributed by atoms with E-state index >= 15 is 0 Å². The van der Waals surface area contributed by atoms with Gasteiger partial charge in [-0.2, -0.15) is 0 Å². The van der Waals surface area contributed by atoms with Crippen LogP contribution in [0.2, 0.25) is 0 Å². The summed E-state index contributed by atoms with van der Waals surface area (Å²) in [6.45, 7) is 6.28. The van der Waals surface area contributed by atoms with Gasteiger partial charge in [0.25, 0.3) is 0 Å². The normalized spacial score (nSPS) is 17.4. The van der Waals surface area contributed by atoms with Gasteiger partial charge in [0.1, 0.15) is 0 Å². The Hall–Kier alpha value is -0.740. The van der Waals surface area contributed by atoms with Gasteiger partial charge in [0, 0.05) is 17.5 Å². The zero-order chi connectivity index (χ0) is 11.1. The second-order valence-corrected chi connectivity index (χ2v) is 5.09. The van der Waals surface area contributed by atoms with E-state index in [4.69, 9.17) is 0 Å². The first kappa shape index (κ1) is 12.7. The van der Waals surface area contributed by atoms with Crippen LogP contribution in [0.1, 0.15) is 16.7 Å². The molecule has 0 aromatic heterocycles. The van der Waals surface area contributed by atoms with Gasteiger partial charge in [-0.1, -0.05) is 29.5 Å². The van der Waals surface area contributed by atoms with Crippen LogP contribution >= 0.6 is 28.7 Å². The van der Waals surface area contributed by atoms with Crippen molar-refractivity contribution in [2.75, 3.05) is 13.1 Å². The summed E-state index contributed by atoms with van der Waals surface area (Å²) in [5.41, 5.74) is 5.32. The lowest BCUT2D eigenvalue weighted by Crippen LogP contribution is -2.20. The van der Waals surface area contributed by atoms with E-state index in [-0.39, 0.29) is 17.0 Å². The molecule has 0 bridgehead atoms. The van der Waals surface area contributed by atoms with Gasteiger partial charge in [-0.05, 0) is 25.5 Å². The molecular formula is C13H15BrN2S. The van der Waals surface area contributed by atoms with Crippen molar-refractivity contribution in [3.05, 3.63) is 40.3 Å². The average Bonchev–Trinajstić information content (AvgIpc) is 2.83. The van der Waals surface area contributed by atoms with Crippen LogP contribution in [0.25, 0.3) is 5.70 Å². The Balaban J connectivity index is 0.00000108. The zero-order valence-electron chi connectivity index (χ0n) is 9.93. The van der Waals surface area contributed by atoms with Crippen LogP contribution < -0.4 is 0 Å². The molecule has 0 N–H and O–H groups in total. The number of halogens is 1. The monoisotopic (exact) mass is 310 g/mol. The number of rotatable bonds is 1. The van der Waals surface area contributed by atoms with Gasteiger partial charge in [0.05, 0.1) is 12.2 Å². The summed E-state index contributed by atoms with van der Waals surface area (Å²) < 4.78 is 0. The third-order valence-corrected chi connectivity index (χ3v) is 3.94. The minimum absolute atomic E-state index is 0. The van der Waals surface area contributed by atoms with Crippen molar-refractivity contribution in [1.29, 1.82) is 0 Å². The summed E-state index contributed by atoms with van der Waals surface area (Å²) in [5, 5.41) is 3.38. The number of nitrogens with zero attached hydrogens (tertiary/aromatic N) is 2. The maximum Gasteiger partial charge on any atom is 0.168 e. The molecule has 0 spiro atoms. The Morgan fingerprint density at radius 3 is 2.94 bits per heavy atom. The van der Waals surface area contributed by atoms with Gasteiger partial charge < -0.3 is 4.90 Å². The van der Waals surface area contributed by atoms with E-state index in [1.807, 2.05) is 0 Å². The van der Waals surface area contributed by atoms with Crippen LogP contribution in [0.5, 0.6) is 0 Å². The van der Waals surface area contributed by atoms with Crippen LogP contribution in [0.3, 0.4) is 0 Å². The van der Waals surface area contributed by atoms with Crippen LogP contribution in [-0.4, -0.2) is 23.2 Å². The Kier molecular flexibility index (Phi) is 3.64. The van der Waals surface area contributed by atoms with Gasteiger partial charge in [-0.25, -0.2) is 0 Å². The molecule has 2 aliphatic rings. The van der Waals surface area contributed by atoms with Crippen molar-refractivity contribution in [2.24, 2.45) is 4.99 Å². The fourth-order valence-corrected chi connectivity index (χ4v) is 3.10. The van der Waals surface area contributed by atoms with E-state index < -0.39 is 0 Å². The van der Waals surface area contributed by atoms with Crippen molar-refractivity contribution in [3.8, 4) is 0 Å². The molecule has 1 aromatic carbocycles. The number of amidine groups is 1. The summed E-state index contributed by atoms with van der Waals surface area (Å²) >= 11 is 1.74. The van der Waals surface area contributed by atoms with E-state index in [1.165, 1.54) is 22.4 Å². The van der Waals surface area contributed by atoms with Gasteiger partial charge in [0.15, 0.2) is 5.17 Å².